The quantitative estimate of drug-likeness (QED) is 0.566. The Morgan fingerprint density at radius 2 is 1.86 bits per heavy atom. The number of hydrogen-bond acceptors (Lipinski definition) is 4. The van der Waals surface area contributed by atoms with Crippen molar-refractivity contribution in [1.82, 2.24) is 9.88 Å². The molecule has 1 heterocycles. The Kier molecular flexibility index (Phi) is 6.79. The highest BCUT2D eigenvalue weighted by Crippen LogP contribution is 2.30. The summed E-state index contributed by atoms with van der Waals surface area (Å²) in [7, 11) is 1.68. The molecule has 2 aromatic carbocycles. The highest BCUT2D eigenvalue weighted by atomic mass is 19.1. The van der Waals surface area contributed by atoms with Gasteiger partial charge in [-0.2, -0.15) is 0 Å². The molecule has 6 heteroatoms. The molecule has 0 spiro atoms. The number of benzene rings is 2. The second-order valence-corrected chi connectivity index (χ2v) is 6.54. The standard InChI is InChI=1S/C23H23FN2O3/c1-3-28-22-13-19(9-10-21(22)29-16-18-7-5-11-25-14-18)23(27)26(2)15-17-6-4-8-20(24)12-17/h4-14H,3,15-16H2,1-2H3. The fraction of sp³-hybridized carbons (Fsp3) is 0.217. The largest absolute Gasteiger partial charge is 0.490 e. The molecule has 0 radical (unpaired) electrons. The number of amides is 1. The van der Waals surface area contributed by atoms with Crippen molar-refractivity contribution in [2.24, 2.45) is 0 Å². The Hall–Kier alpha value is -3.41. The molecule has 0 unspecified atom stereocenters. The monoisotopic (exact) mass is 394 g/mol. The smallest absolute Gasteiger partial charge is 0.254 e. The number of nitrogens with zero attached hydrogens (tertiary/aromatic N) is 2. The van der Waals surface area contributed by atoms with Gasteiger partial charge in [-0.3, -0.25) is 9.78 Å². The van der Waals surface area contributed by atoms with Crippen LogP contribution >= 0.6 is 0 Å². The third-order valence-electron chi connectivity index (χ3n) is 4.26. The minimum absolute atomic E-state index is 0.186. The summed E-state index contributed by atoms with van der Waals surface area (Å²) in [5.41, 5.74) is 2.13. The Morgan fingerprint density at radius 3 is 2.59 bits per heavy atom. The van der Waals surface area contributed by atoms with E-state index >= 15 is 0 Å². The predicted octanol–water partition coefficient (Wildman–Crippen LogP) is 4.47. The average Bonchev–Trinajstić information content (AvgIpc) is 2.73. The molecule has 0 atom stereocenters. The predicted molar refractivity (Wildman–Crippen MR) is 108 cm³/mol. The number of carbonyl (C=O) groups excluding carboxylic acids is 1. The van der Waals surface area contributed by atoms with Gasteiger partial charge in [0.25, 0.3) is 5.91 Å². The first kappa shape index (κ1) is 20.3. The maximum atomic E-state index is 13.4. The van der Waals surface area contributed by atoms with Gasteiger partial charge in [-0.25, -0.2) is 4.39 Å². The molecule has 1 amide bonds. The van der Waals surface area contributed by atoms with Crippen molar-refractivity contribution in [3.63, 3.8) is 0 Å². The summed E-state index contributed by atoms with van der Waals surface area (Å²) in [5.74, 6) is 0.549. The van der Waals surface area contributed by atoms with E-state index < -0.39 is 0 Å². The minimum Gasteiger partial charge on any atom is -0.490 e. The van der Waals surface area contributed by atoms with Gasteiger partial charge in [0.1, 0.15) is 12.4 Å². The topological polar surface area (TPSA) is 51.7 Å². The highest BCUT2D eigenvalue weighted by Gasteiger charge is 2.16. The van der Waals surface area contributed by atoms with E-state index in [0.29, 0.717) is 36.8 Å². The fourth-order valence-electron chi connectivity index (χ4n) is 2.87. The summed E-state index contributed by atoms with van der Waals surface area (Å²) in [4.78, 5) is 18.4. The van der Waals surface area contributed by atoms with Crippen LogP contribution in [0.3, 0.4) is 0 Å². The second kappa shape index (κ2) is 9.68. The van der Waals surface area contributed by atoms with Gasteiger partial charge < -0.3 is 14.4 Å². The first-order valence-corrected chi connectivity index (χ1v) is 9.35. The SMILES string of the molecule is CCOc1cc(C(=O)N(C)Cc2cccc(F)c2)ccc1OCc1cccnc1. The summed E-state index contributed by atoms with van der Waals surface area (Å²) < 4.78 is 24.9. The van der Waals surface area contributed by atoms with E-state index in [2.05, 4.69) is 4.98 Å². The van der Waals surface area contributed by atoms with Crippen LogP contribution in [0.1, 0.15) is 28.4 Å². The third-order valence-corrected chi connectivity index (χ3v) is 4.26. The molecule has 0 N–H and O–H groups in total. The first-order valence-electron chi connectivity index (χ1n) is 9.35. The maximum Gasteiger partial charge on any atom is 0.254 e. The molecule has 0 aliphatic heterocycles. The van der Waals surface area contributed by atoms with E-state index in [1.165, 1.54) is 17.0 Å². The van der Waals surface area contributed by atoms with Crippen LogP contribution in [0.4, 0.5) is 4.39 Å². The maximum absolute atomic E-state index is 13.4. The fourth-order valence-corrected chi connectivity index (χ4v) is 2.87. The molecule has 1 aromatic heterocycles. The van der Waals surface area contributed by atoms with Gasteiger partial charge >= 0.3 is 0 Å². The lowest BCUT2D eigenvalue weighted by Gasteiger charge is -2.19. The normalized spacial score (nSPS) is 10.4. The summed E-state index contributed by atoms with van der Waals surface area (Å²) in [6, 6.07) is 15.1. The van der Waals surface area contributed by atoms with Crippen molar-refractivity contribution in [3.8, 4) is 11.5 Å². The van der Waals surface area contributed by atoms with Crippen molar-refractivity contribution in [1.29, 1.82) is 0 Å². The van der Waals surface area contributed by atoms with E-state index in [9.17, 15) is 9.18 Å². The molecule has 0 bridgehead atoms. The molecule has 0 aliphatic rings. The first-order chi connectivity index (χ1) is 14.1. The van der Waals surface area contributed by atoms with Gasteiger partial charge in [0, 0.05) is 37.1 Å². The van der Waals surface area contributed by atoms with Crippen LogP contribution in [0, 0.1) is 5.82 Å². The molecule has 0 fully saturated rings. The second-order valence-electron chi connectivity index (χ2n) is 6.54. The van der Waals surface area contributed by atoms with E-state index in [1.54, 1.807) is 49.8 Å². The lowest BCUT2D eigenvalue weighted by molar-refractivity contribution is 0.0784. The number of halogens is 1. The number of pyridine rings is 1. The van der Waals surface area contributed by atoms with Gasteiger partial charge in [-0.1, -0.05) is 18.2 Å². The van der Waals surface area contributed by atoms with Gasteiger partial charge in [0.15, 0.2) is 11.5 Å². The highest BCUT2D eigenvalue weighted by molar-refractivity contribution is 5.94. The van der Waals surface area contributed by atoms with E-state index in [-0.39, 0.29) is 11.7 Å². The number of hydrogen-bond donors (Lipinski definition) is 0. The molecule has 0 saturated carbocycles. The van der Waals surface area contributed by atoms with Crippen LogP contribution in [-0.2, 0) is 13.2 Å². The molecule has 0 saturated heterocycles. The van der Waals surface area contributed by atoms with Crippen LogP contribution in [0.5, 0.6) is 11.5 Å². The Bertz CT molecular complexity index is 963. The molecule has 5 nitrogen and oxygen atoms in total. The minimum atomic E-state index is -0.322. The molecule has 150 valence electrons. The van der Waals surface area contributed by atoms with Crippen LogP contribution in [-0.4, -0.2) is 29.4 Å². The average molecular weight is 394 g/mol. The van der Waals surface area contributed by atoms with Crippen LogP contribution in [0.15, 0.2) is 67.0 Å². The van der Waals surface area contributed by atoms with Crippen molar-refractivity contribution >= 4 is 5.91 Å². The molecular weight excluding hydrogens is 371 g/mol. The number of aromatic nitrogens is 1. The zero-order valence-electron chi connectivity index (χ0n) is 16.5. The molecule has 29 heavy (non-hydrogen) atoms. The molecule has 3 rings (SSSR count). The van der Waals surface area contributed by atoms with Crippen molar-refractivity contribution < 1.29 is 18.7 Å². The summed E-state index contributed by atoms with van der Waals surface area (Å²) >= 11 is 0. The Labute approximate surface area is 169 Å². The lowest BCUT2D eigenvalue weighted by atomic mass is 10.1. The zero-order chi connectivity index (χ0) is 20.6. The van der Waals surface area contributed by atoms with Gasteiger partial charge in [0.05, 0.1) is 6.61 Å². The summed E-state index contributed by atoms with van der Waals surface area (Å²) in [5, 5.41) is 0. The molecule has 0 aliphatic carbocycles. The number of ether oxygens (including phenoxy) is 2. The van der Waals surface area contributed by atoms with Crippen LogP contribution in [0.2, 0.25) is 0 Å². The van der Waals surface area contributed by atoms with Crippen LogP contribution in [0.25, 0.3) is 0 Å². The zero-order valence-corrected chi connectivity index (χ0v) is 16.5. The summed E-state index contributed by atoms with van der Waals surface area (Å²) in [6.45, 7) is 2.97. The van der Waals surface area contributed by atoms with Gasteiger partial charge in [0.2, 0.25) is 0 Å². The van der Waals surface area contributed by atoms with E-state index in [0.717, 1.165) is 11.1 Å². The van der Waals surface area contributed by atoms with E-state index in [1.807, 2.05) is 19.1 Å². The Morgan fingerprint density at radius 1 is 1.03 bits per heavy atom. The number of carbonyl (C=O) groups is 1. The van der Waals surface area contributed by atoms with Crippen molar-refractivity contribution in [2.45, 2.75) is 20.1 Å². The van der Waals surface area contributed by atoms with Gasteiger partial charge in [-0.15, -0.1) is 0 Å². The van der Waals surface area contributed by atoms with Crippen molar-refractivity contribution in [3.05, 3.63) is 89.5 Å². The lowest BCUT2D eigenvalue weighted by Crippen LogP contribution is -2.26. The molecule has 3 aromatic rings. The van der Waals surface area contributed by atoms with Gasteiger partial charge in [-0.05, 0) is 48.9 Å². The molecular formula is C23H23FN2O3. The van der Waals surface area contributed by atoms with Crippen LogP contribution < -0.4 is 9.47 Å². The number of rotatable bonds is 8. The third kappa shape index (κ3) is 5.54. The van der Waals surface area contributed by atoms with E-state index in [4.69, 9.17) is 9.47 Å². The summed E-state index contributed by atoms with van der Waals surface area (Å²) in [6.07, 6.45) is 3.44. The van der Waals surface area contributed by atoms with Crippen molar-refractivity contribution in [2.75, 3.05) is 13.7 Å². The Balaban J connectivity index is 1.73.